The fraction of sp³-hybridized carbons (Fsp3) is 0.438. The highest BCUT2D eigenvalue weighted by molar-refractivity contribution is 5.45. The van der Waals surface area contributed by atoms with Crippen LogP contribution in [-0.4, -0.2) is 62.1 Å². The second-order valence-corrected chi connectivity index (χ2v) is 6.08. The van der Waals surface area contributed by atoms with Gasteiger partial charge < -0.3 is 15.0 Å². The Labute approximate surface area is 145 Å². The number of aromatic nitrogens is 6. The van der Waals surface area contributed by atoms with E-state index in [1.165, 1.54) is 0 Å². The zero-order chi connectivity index (χ0) is 17.2. The van der Waals surface area contributed by atoms with Gasteiger partial charge in [0.15, 0.2) is 11.5 Å². The Morgan fingerprint density at radius 3 is 3.00 bits per heavy atom. The third kappa shape index (κ3) is 3.10. The molecule has 4 rings (SSSR count). The molecule has 0 amide bonds. The van der Waals surface area contributed by atoms with Crippen LogP contribution in [0.1, 0.15) is 12.2 Å². The van der Waals surface area contributed by atoms with Crippen LogP contribution in [0.25, 0.3) is 5.65 Å². The fourth-order valence-electron chi connectivity index (χ4n) is 3.18. The Bertz CT molecular complexity index is 852. The van der Waals surface area contributed by atoms with E-state index in [1.807, 2.05) is 25.1 Å². The molecule has 4 heterocycles. The summed E-state index contributed by atoms with van der Waals surface area (Å²) in [5.74, 6) is 2.47. The summed E-state index contributed by atoms with van der Waals surface area (Å²) in [6.07, 6.45) is 4.46. The molecule has 1 aliphatic rings. The maximum absolute atomic E-state index is 5.56. The number of ether oxygens (including phenoxy) is 1. The summed E-state index contributed by atoms with van der Waals surface area (Å²) >= 11 is 0. The molecule has 0 radical (unpaired) electrons. The van der Waals surface area contributed by atoms with Gasteiger partial charge in [-0.2, -0.15) is 4.52 Å². The highest BCUT2D eigenvalue weighted by Gasteiger charge is 2.32. The van der Waals surface area contributed by atoms with Gasteiger partial charge in [-0.15, -0.1) is 15.3 Å². The molecule has 1 saturated heterocycles. The third-order valence-electron chi connectivity index (χ3n) is 4.51. The molecule has 0 bridgehead atoms. The molecular formula is C16H20N8O. The van der Waals surface area contributed by atoms with Gasteiger partial charge in [-0.05, 0) is 31.5 Å². The summed E-state index contributed by atoms with van der Waals surface area (Å²) in [7, 11) is 1.75. The average Bonchev–Trinajstić information content (AvgIpc) is 3.24. The molecule has 0 aromatic carbocycles. The highest BCUT2D eigenvalue weighted by atomic mass is 16.5. The van der Waals surface area contributed by atoms with Gasteiger partial charge in [-0.25, -0.2) is 9.97 Å². The highest BCUT2D eigenvalue weighted by Crippen LogP contribution is 2.25. The van der Waals surface area contributed by atoms with E-state index >= 15 is 0 Å². The molecule has 3 aromatic heterocycles. The quantitative estimate of drug-likeness (QED) is 0.733. The summed E-state index contributed by atoms with van der Waals surface area (Å²) in [6, 6.07) is 6.01. The normalized spacial score (nSPS) is 20.3. The van der Waals surface area contributed by atoms with Gasteiger partial charge in [0.1, 0.15) is 18.0 Å². The number of methoxy groups -OCH3 is 1. The van der Waals surface area contributed by atoms with Crippen molar-refractivity contribution < 1.29 is 4.74 Å². The SMILES string of the molecule is CO[C@@H]1C[C@H](CNc2ccc3nnc(C)n3n2)N(c2ccncn2)C1. The van der Waals surface area contributed by atoms with Crippen LogP contribution in [0.4, 0.5) is 11.6 Å². The average molecular weight is 340 g/mol. The number of anilines is 2. The van der Waals surface area contributed by atoms with Crippen molar-refractivity contribution in [1.29, 1.82) is 0 Å². The Kier molecular flexibility index (Phi) is 4.14. The van der Waals surface area contributed by atoms with Gasteiger partial charge in [0, 0.05) is 26.4 Å². The summed E-state index contributed by atoms with van der Waals surface area (Å²) in [6.45, 7) is 3.44. The van der Waals surface area contributed by atoms with E-state index in [1.54, 1.807) is 24.1 Å². The third-order valence-corrected chi connectivity index (χ3v) is 4.51. The molecular weight excluding hydrogens is 320 g/mol. The largest absolute Gasteiger partial charge is 0.380 e. The minimum atomic E-state index is 0.192. The van der Waals surface area contributed by atoms with Crippen molar-refractivity contribution >= 4 is 17.3 Å². The molecule has 25 heavy (non-hydrogen) atoms. The van der Waals surface area contributed by atoms with Crippen molar-refractivity contribution in [3.8, 4) is 0 Å². The molecule has 0 unspecified atom stereocenters. The zero-order valence-electron chi connectivity index (χ0n) is 14.2. The van der Waals surface area contributed by atoms with E-state index in [0.29, 0.717) is 0 Å². The number of fused-ring (bicyclic) bond motifs is 1. The predicted molar refractivity (Wildman–Crippen MR) is 92.6 cm³/mol. The topological polar surface area (TPSA) is 93.4 Å². The number of hydrogen-bond acceptors (Lipinski definition) is 8. The van der Waals surface area contributed by atoms with Crippen molar-refractivity contribution in [1.82, 2.24) is 29.8 Å². The number of rotatable bonds is 5. The maximum Gasteiger partial charge on any atom is 0.178 e. The lowest BCUT2D eigenvalue weighted by molar-refractivity contribution is 0.118. The molecule has 2 atom stereocenters. The van der Waals surface area contributed by atoms with E-state index in [-0.39, 0.29) is 12.1 Å². The first kappa shape index (κ1) is 15.7. The number of aryl methyl sites for hydroxylation is 1. The molecule has 1 N–H and O–H groups in total. The van der Waals surface area contributed by atoms with Gasteiger partial charge in [0.05, 0.1) is 12.1 Å². The predicted octanol–water partition coefficient (Wildman–Crippen LogP) is 0.929. The summed E-state index contributed by atoms with van der Waals surface area (Å²) < 4.78 is 7.29. The smallest absolute Gasteiger partial charge is 0.178 e. The van der Waals surface area contributed by atoms with Crippen LogP contribution >= 0.6 is 0 Å². The lowest BCUT2D eigenvalue weighted by atomic mass is 10.2. The fourth-order valence-corrected chi connectivity index (χ4v) is 3.18. The van der Waals surface area contributed by atoms with Crippen LogP contribution in [0, 0.1) is 6.92 Å². The monoisotopic (exact) mass is 340 g/mol. The second-order valence-electron chi connectivity index (χ2n) is 6.08. The lowest BCUT2D eigenvalue weighted by Crippen LogP contribution is -2.35. The van der Waals surface area contributed by atoms with Gasteiger partial charge in [-0.1, -0.05) is 0 Å². The van der Waals surface area contributed by atoms with Crippen molar-refractivity contribution in [2.24, 2.45) is 0 Å². The van der Waals surface area contributed by atoms with Crippen molar-refractivity contribution in [3.63, 3.8) is 0 Å². The van der Waals surface area contributed by atoms with Crippen LogP contribution < -0.4 is 10.2 Å². The molecule has 3 aromatic rings. The molecule has 9 heteroatoms. The first-order valence-corrected chi connectivity index (χ1v) is 8.23. The van der Waals surface area contributed by atoms with E-state index in [9.17, 15) is 0 Å². The van der Waals surface area contributed by atoms with Crippen LogP contribution in [0.5, 0.6) is 0 Å². The Hall–Kier alpha value is -2.81. The first-order valence-electron chi connectivity index (χ1n) is 8.23. The Morgan fingerprint density at radius 2 is 2.20 bits per heavy atom. The molecule has 9 nitrogen and oxygen atoms in total. The molecule has 0 spiro atoms. The van der Waals surface area contributed by atoms with Crippen LogP contribution in [0.2, 0.25) is 0 Å². The minimum absolute atomic E-state index is 0.192. The number of nitrogens with zero attached hydrogens (tertiary/aromatic N) is 7. The summed E-state index contributed by atoms with van der Waals surface area (Å²) in [5, 5.41) is 16.0. The first-order chi connectivity index (χ1) is 12.2. The van der Waals surface area contributed by atoms with Gasteiger partial charge in [0.25, 0.3) is 0 Å². The van der Waals surface area contributed by atoms with Crippen molar-refractivity contribution in [3.05, 3.63) is 36.5 Å². The van der Waals surface area contributed by atoms with Crippen molar-refractivity contribution in [2.75, 3.05) is 30.4 Å². The van der Waals surface area contributed by atoms with Gasteiger partial charge >= 0.3 is 0 Å². The molecule has 0 saturated carbocycles. The van der Waals surface area contributed by atoms with Crippen LogP contribution in [0.15, 0.2) is 30.7 Å². The van der Waals surface area contributed by atoms with Crippen molar-refractivity contribution in [2.45, 2.75) is 25.5 Å². The van der Waals surface area contributed by atoms with E-state index < -0.39 is 0 Å². The molecule has 1 fully saturated rings. The second kappa shape index (κ2) is 6.60. The lowest BCUT2D eigenvalue weighted by Gasteiger charge is -2.25. The molecule has 1 aliphatic heterocycles. The Morgan fingerprint density at radius 1 is 1.28 bits per heavy atom. The number of hydrogen-bond donors (Lipinski definition) is 1. The standard InChI is InChI=1S/C16H20N8O/c1-11-20-21-16-4-3-14(22-24(11)16)18-8-12-7-13(25-2)9-23(12)15-5-6-17-10-19-15/h3-6,10,12-13H,7-9H2,1-2H3,(H,18,22)/t12-,13-/m1/s1. The zero-order valence-corrected chi connectivity index (χ0v) is 14.2. The molecule has 0 aliphatic carbocycles. The van der Waals surface area contributed by atoms with Crippen LogP contribution in [-0.2, 0) is 4.74 Å². The summed E-state index contributed by atoms with van der Waals surface area (Å²) in [4.78, 5) is 10.6. The van der Waals surface area contributed by atoms with E-state index in [0.717, 1.165) is 42.6 Å². The van der Waals surface area contributed by atoms with Gasteiger partial charge in [0.2, 0.25) is 0 Å². The summed E-state index contributed by atoms with van der Waals surface area (Å²) in [5.41, 5.74) is 0.742. The number of nitrogens with one attached hydrogen (secondary N) is 1. The minimum Gasteiger partial charge on any atom is -0.380 e. The maximum atomic E-state index is 5.56. The van der Waals surface area contributed by atoms with Crippen LogP contribution in [0.3, 0.4) is 0 Å². The Balaban J connectivity index is 1.50. The van der Waals surface area contributed by atoms with E-state index in [4.69, 9.17) is 4.74 Å². The molecule has 130 valence electrons. The van der Waals surface area contributed by atoms with Gasteiger partial charge in [-0.3, -0.25) is 0 Å². The van der Waals surface area contributed by atoms with E-state index in [2.05, 4.69) is 35.5 Å².